The van der Waals surface area contributed by atoms with E-state index in [0.717, 1.165) is 0 Å². The first-order chi connectivity index (χ1) is 4.47. The number of thioether (sulfide) groups is 1. The second-order valence-electron chi connectivity index (χ2n) is 2.17. The van der Waals surface area contributed by atoms with Gasteiger partial charge in [0.25, 0.3) is 0 Å². The SMILES string of the molecule is c1cc2c(s1)CSCC2. The van der Waals surface area contributed by atoms with Gasteiger partial charge in [0.1, 0.15) is 0 Å². The quantitative estimate of drug-likeness (QED) is 0.556. The van der Waals surface area contributed by atoms with E-state index < -0.39 is 0 Å². The van der Waals surface area contributed by atoms with Gasteiger partial charge in [-0.15, -0.1) is 11.3 Å². The third kappa shape index (κ3) is 1.01. The standard InChI is InChI=1S/C7H8S2/c1-3-8-5-7-6(1)2-4-9-7/h2,4H,1,3,5H2. The van der Waals surface area contributed by atoms with Gasteiger partial charge in [-0.05, 0) is 29.2 Å². The summed E-state index contributed by atoms with van der Waals surface area (Å²) < 4.78 is 0. The van der Waals surface area contributed by atoms with Crippen LogP contribution in [0.1, 0.15) is 10.4 Å². The van der Waals surface area contributed by atoms with Crippen molar-refractivity contribution in [1.82, 2.24) is 0 Å². The van der Waals surface area contributed by atoms with Crippen LogP contribution in [0, 0.1) is 0 Å². The molecule has 0 atom stereocenters. The Labute approximate surface area is 63.3 Å². The lowest BCUT2D eigenvalue weighted by molar-refractivity contribution is 1.12. The van der Waals surface area contributed by atoms with Gasteiger partial charge in [0, 0.05) is 10.6 Å². The Kier molecular flexibility index (Phi) is 1.52. The van der Waals surface area contributed by atoms with E-state index >= 15 is 0 Å². The van der Waals surface area contributed by atoms with Crippen molar-refractivity contribution in [1.29, 1.82) is 0 Å². The summed E-state index contributed by atoms with van der Waals surface area (Å²) in [5.41, 5.74) is 1.60. The summed E-state index contributed by atoms with van der Waals surface area (Å²) in [6, 6.07) is 2.26. The lowest BCUT2D eigenvalue weighted by Crippen LogP contribution is -1.96. The first-order valence-corrected chi connectivity index (χ1v) is 5.13. The molecular weight excluding hydrogens is 148 g/mol. The second kappa shape index (κ2) is 2.35. The fourth-order valence-electron chi connectivity index (χ4n) is 1.06. The zero-order valence-corrected chi connectivity index (χ0v) is 6.73. The molecular formula is C7H8S2. The minimum Gasteiger partial charge on any atom is -0.156 e. The van der Waals surface area contributed by atoms with E-state index in [2.05, 4.69) is 23.2 Å². The summed E-state index contributed by atoms with van der Waals surface area (Å²) >= 11 is 3.96. The topological polar surface area (TPSA) is 0 Å². The summed E-state index contributed by atoms with van der Waals surface area (Å²) in [6.45, 7) is 0. The predicted octanol–water partition coefficient (Wildman–Crippen LogP) is 2.54. The molecule has 1 aliphatic rings. The van der Waals surface area contributed by atoms with Gasteiger partial charge in [0.2, 0.25) is 0 Å². The zero-order valence-electron chi connectivity index (χ0n) is 5.09. The Morgan fingerprint density at radius 1 is 1.44 bits per heavy atom. The van der Waals surface area contributed by atoms with Crippen molar-refractivity contribution in [2.75, 3.05) is 5.75 Å². The number of hydrogen-bond acceptors (Lipinski definition) is 2. The molecule has 0 saturated heterocycles. The third-order valence-corrected chi connectivity index (χ3v) is 3.72. The lowest BCUT2D eigenvalue weighted by atomic mass is 10.2. The molecule has 0 nitrogen and oxygen atoms in total. The smallest absolute Gasteiger partial charge is 0.0281 e. The van der Waals surface area contributed by atoms with Gasteiger partial charge in [-0.1, -0.05) is 0 Å². The zero-order chi connectivity index (χ0) is 6.10. The molecule has 48 valence electrons. The normalized spacial score (nSPS) is 17.3. The molecule has 0 aliphatic carbocycles. The molecule has 2 heteroatoms. The summed E-state index contributed by atoms with van der Waals surface area (Å²) in [5.74, 6) is 2.58. The number of fused-ring (bicyclic) bond motifs is 1. The summed E-state index contributed by atoms with van der Waals surface area (Å²) in [6.07, 6.45) is 1.30. The molecule has 2 rings (SSSR count). The molecule has 0 fully saturated rings. The number of hydrogen-bond donors (Lipinski definition) is 0. The second-order valence-corrected chi connectivity index (χ2v) is 4.28. The first-order valence-electron chi connectivity index (χ1n) is 3.10. The average molecular weight is 156 g/mol. The van der Waals surface area contributed by atoms with Crippen molar-refractivity contribution in [3.63, 3.8) is 0 Å². The van der Waals surface area contributed by atoms with Gasteiger partial charge in [-0.2, -0.15) is 11.8 Å². The highest BCUT2D eigenvalue weighted by Gasteiger charge is 2.08. The van der Waals surface area contributed by atoms with Gasteiger partial charge in [0.15, 0.2) is 0 Å². The van der Waals surface area contributed by atoms with Crippen molar-refractivity contribution in [3.8, 4) is 0 Å². The fourth-order valence-corrected chi connectivity index (χ4v) is 3.18. The Morgan fingerprint density at radius 3 is 3.33 bits per heavy atom. The van der Waals surface area contributed by atoms with Crippen molar-refractivity contribution >= 4 is 23.1 Å². The van der Waals surface area contributed by atoms with Crippen molar-refractivity contribution in [2.24, 2.45) is 0 Å². The van der Waals surface area contributed by atoms with E-state index in [1.165, 1.54) is 17.9 Å². The summed E-state index contributed by atoms with van der Waals surface area (Å²) in [7, 11) is 0. The average Bonchev–Trinajstić information content (AvgIpc) is 2.33. The Morgan fingerprint density at radius 2 is 2.44 bits per heavy atom. The molecule has 0 bridgehead atoms. The molecule has 0 saturated carbocycles. The van der Waals surface area contributed by atoms with Gasteiger partial charge in [-0.25, -0.2) is 0 Å². The molecule has 9 heavy (non-hydrogen) atoms. The van der Waals surface area contributed by atoms with E-state index in [1.807, 2.05) is 11.3 Å². The van der Waals surface area contributed by atoms with Gasteiger partial charge in [0.05, 0.1) is 0 Å². The molecule has 0 unspecified atom stereocenters. The van der Waals surface area contributed by atoms with Crippen LogP contribution in [-0.2, 0) is 12.2 Å². The number of rotatable bonds is 0. The Balaban J connectivity index is 2.39. The molecule has 1 aromatic rings. The highest BCUT2D eigenvalue weighted by atomic mass is 32.2. The maximum Gasteiger partial charge on any atom is 0.0281 e. The van der Waals surface area contributed by atoms with E-state index in [1.54, 1.807) is 10.4 Å². The largest absolute Gasteiger partial charge is 0.156 e. The van der Waals surface area contributed by atoms with Crippen molar-refractivity contribution in [2.45, 2.75) is 12.2 Å². The van der Waals surface area contributed by atoms with Crippen LogP contribution in [0.4, 0.5) is 0 Å². The minimum atomic E-state index is 1.26. The van der Waals surface area contributed by atoms with Crippen LogP contribution in [0.3, 0.4) is 0 Å². The van der Waals surface area contributed by atoms with Crippen LogP contribution in [-0.4, -0.2) is 5.75 Å². The third-order valence-electron chi connectivity index (χ3n) is 1.59. The van der Waals surface area contributed by atoms with Crippen molar-refractivity contribution in [3.05, 3.63) is 21.9 Å². The number of thiophene rings is 1. The maximum absolute atomic E-state index is 2.26. The molecule has 0 radical (unpaired) electrons. The van der Waals surface area contributed by atoms with Crippen LogP contribution in [0.25, 0.3) is 0 Å². The molecule has 0 aromatic carbocycles. The maximum atomic E-state index is 2.26. The fraction of sp³-hybridized carbons (Fsp3) is 0.429. The Hall–Kier alpha value is 0.0500. The van der Waals surface area contributed by atoms with Crippen LogP contribution in [0.2, 0.25) is 0 Å². The number of aryl methyl sites for hydroxylation is 1. The van der Waals surface area contributed by atoms with Crippen LogP contribution < -0.4 is 0 Å². The predicted molar refractivity (Wildman–Crippen MR) is 44.2 cm³/mol. The van der Waals surface area contributed by atoms with E-state index in [9.17, 15) is 0 Å². The Bertz CT molecular complexity index is 182. The molecule has 1 aliphatic heterocycles. The first kappa shape index (κ1) is 5.81. The molecule has 2 heterocycles. The van der Waals surface area contributed by atoms with Crippen LogP contribution >= 0.6 is 23.1 Å². The highest BCUT2D eigenvalue weighted by Crippen LogP contribution is 2.28. The van der Waals surface area contributed by atoms with Crippen LogP contribution in [0.5, 0.6) is 0 Å². The molecule has 0 amide bonds. The molecule has 0 N–H and O–H groups in total. The van der Waals surface area contributed by atoms with Gasteiger partial charge < -0.3 is 0 Å². The molecule has 1 aromatic heterocycles. The molecule has 0 spiro atoms. The monoisotopic (exact) mass is 156 g/mol. The van der Waals surface area contributed by atoms with Crippen LogP contribution in [0.15, 0.2) is 11.4 Å². The van der Waals surface area contributed by atoms with E-state index in [-0.39, 0.29) is 0 Å². The minimum absolute atomic E-state index is 1.26. The lowest BCUT2D eigenvalue weighted by Gasteiger charge is -2.08. The summed E-state index contributed by atoms with van der Waals surface area (Å²) in [4.78, 5) is 1.60. The van der Waals surface area contributed by atoms with Crippen molar-refractivity contribution < 1.29 is 0 Å². The highest BCUT2D eigenvalue weighted by molar-refractivity contribution is 7.98. The van der Waals surface area contributed by atoms with E-state index in [4.69, 9.17) is 0 Å². The van der Waals surface area contributed by atoms with Gasteiger partial charge in [-0.3, -0.25) is 0 Å². The van der Waals surface area contributed by atoms with Gasteiger partial charge >= 0.3 is 0 Å². The van der Waals surface area contributed by atoms with E-state index in [0.29, 0.717) is 0 Å². The summed E-state index contributed by atoms with van der Waals surface area (Å²) in [5, 5.41) is 2.20.